The third-order valence-corrected chi connectivity index (χ3v) is 1.94. The maximum atomic E-state index is 12.5. The predicted octanol–water partition coefficient (Wildman–Crippen LogP) is 3.17. The van der Waals surface area contributed by atoms with Gasteiger partial charge in [0.25, 0.3) is 0 Å². The highest BCUT2D eigenvalue weighted by Crippen LogP contribution is 2.28. The molecule has 0 spiro atoms. The molecule has 0 aromatic carbocycles. The number of pyridine rings is 1. The van der Waals surface area contributed by atoms with Crippen LogP contribution in [-0.4, -0.2) is 4.98 Å². The summed E-state index contributed by atoms with van der Waals surface area (Å²) in [5, 5.41) is 0.440. The molecular weight excluding hydrogens is 177 g/mol. The summed E-state index contributed by atoms with van der Waals surface area (Å²) in [6.45, 7) is 6.02. The molecule has 1 nitrogen and oxygen atoms in total. The predicted molar refractivity (Wildman–Crippen MR) is 47.9 cm³/mol. The van der Waals surface area contributed by atoms with Crippen LogP contribution >= 0.6 is 11.6 Å². The van der Waals surface area contributed by atoms with E-state index >= 15 is 0 Å². The Bertz CT molecular complexity index is 291. The Kier molecular flexibility index (Phi) is 2.38. The van der Waals surface area contributed by atoms with Gasteiger partial charge in [-0.2, -0.15) is 4.39 Å². The highest BCUT2D eigenvalue weighted by atomic mass is 35.5. The van der Waals surface area contributed by atoms with Gasteiger partial charge >= 0.3 is 0 Å². The molecule has 3 heteroatoms. The standard InChI is InChI=1S/C9H11ClFN/c1-9(2,3)6-5-12-8(11)4-7(6)10/h4-5H,1-3H3. The fourth-order valence-corrected chi connectivity index (χ4v) is 1.38. The number of hydrogen-bond donors (Lipinski definition) is 0. The van der Waals surface area contributed by atoms with Crippen LogP contribution < -0.4 is 0 Å². The van der Waals surface area contributed by atoms with E-state index in [0.717, 1.165) is 5.56 Å². The Balaban J connectivity index is 3.19. The smallest absolute Gasteiger partial charge is 0.214 e. The Hall–Kier alpha value is -0.630. The van der Waals surface area contributed by atoms with E-state index in [0.29, 0.717) is 5.02 Å². The minimum atomic E-state index is -0.534. The van der Waals surface area contributed by atoms with Gasteiger partial charge in [-0.25, -0.2) is 4.98 Å². The van der Waals surface area contributed by atoms with Gasteiger partial charge in [-0.15, -0.1) is 0 Å². The first kappa shape index (κ1) is 9.46. The largest absolute Gasteiger partial charge is 0.228 e. The Morgan fingerprint density at radius 2 is 2.00 bits per heavy atom. The monoisotopic (exact) mass is 187 g/mol. The van der Waals surface area contributed by atoms with E-state index in [2.05, 4.69) is 4.98 Å². The molecule has 0 unspecified atom stereocenters. The summed E-state index contributed by atoms with van der Waals surface area (Å²) in [5.74, 6) is -0.534. The average Bonchev–Trinajstić information content (AvgIpc) is 1.83. The quantitative estimate of drug-likeness (QED) is 0.569. The van der Waals surface area contributed by atoms with Gasteiger partial charge in [-0.05, 0) is 11.0 Å². The Morgan fingerprint density at radius 3 is 2.42 bits per heavy atom. The third-order valence-electron chi connectivity index (χ3n) is 1.63. The highest BCUT2D eigenvalue weighted by molar-refractivity contribution is 6.31. The van der Waals surface area contributed by atoms with Crippen LogP contribution in [0.1, 0.15) is 26.3 Å². The normalized spacial score (nSPS) is 11.8. The Morgan fingerprint density at radius 1 is 1.42 bits per heavy atom. The minimum absolute atomic E-state index is 0.0855. The van der Waals surface area contributed by atoms with Crippen LogP contribution in [0.4, 0.5) is 4.39 Å². The molecule has 0 saturated carbocycles. The van der Waals surface area contributed by atoms with Crippen molar-refractivity contribution >= 4 is 11.6 Å². The molecule has 0 aliphatic rings. The van der Waals surface area contributed by atoms with Gasteiger partial charge in [0.2, 0.25) is 5.95 Å². The van der Waals surface area contributed by atoms with Crippen LogP contribution in [0, 0.1) is 5.95 Å². The highest BCUT2D eigenvalue weighted by Gasteiger charge is 2.17. The lowest BCUT2D eigenvalue weighted by molar-refractivity contribution is 0.559. The molecule has 1 aromatic heterocycles. The van der Waals surface area contributed by atoms with Crippen molar-refractivity contribution in [2.45, 2.75) is 26.2 Å². The van der Waals surface area contributed by atoms with Crippen LogP contribution in [-0.2, 0) is 5.41 Å². The van der Waals surface area contributed by atoms with Crippen molar-refractivity contribution in [1.82, 2.24) is 4.98 Å². The van der Waals surface area contributed by atoms with Crippen LogP contribution in [0.5, 0.6) is 0 Å². The lowest BCUT2D eigenvalue weighted by atomic mass is 9.88. The fourth-order valence-electron chi connectivity index (χ4n) is 0.959. The zero-order chi connectivity index (χ0) is 9.35. The summed E-state index contributed by atoms with van der Waals surface area (Å²) in [4.78, 5) is 3.56. The van der Waals surface area contributed by atoms with Gasteiger partial charge < -0.3 is 0 Å². The first-order chi connectivity index (χ1) is 5.41. The van der Waals surface area contributed by atoms with Crippen LogP contribution in [0.15, 0.2) is 12.3 Å². The molecule has 0 radical (unpaired) electrons. The molecule has 0 saturated heterocycles. The second kappa shape index (κ2) is 3.02. The van der Waals surface area contributed by atoms with E-state index in [1.807, 2.05) is 20.8 Å². The lowest BCUT2D eigenvalue weighted by Gasteiger charge is -2.19. The zero-order valence-electron chi connectivity index (χ0n) is 7.36. The van der Waals surface area contributed by atoms with Crippen molar-refractivity contribution in [2.75, 3.05) is 0 Å². The van der Waals surface area contributed by atoms with Crippen LogP contribution in [0.2, 0.25) is 5.02 Å². The molecule has 0 fully saturated rings. The first-order valence-electron chi connectivity index (χ1n) is 3.73. The van der Waals surface area contributed by atoms with E-state index in [4.69, 9.17) is 11.6 Å². The molecule has 0 amide bonds. The second-order valence-electron chi connectivity index (χ2n) is 3.74. The van der Waals surface area contributed by atoms with Crippen molar-refractivity contribution in [3.05, 3.63) is 28.8 Å². The number of halogens is 2. The molecule has 1 heterocycles. The van der Waals surface area contributed by atoms with Gasteiger partial charge in [0.05, 0.1) is 5.02 Å². The van der Waals surface area contributed by atoms with Gasteiger partial charge in [-0.1, -0.05) is 32.4 Å². The summed E-state index contributed by atoms with van der Waals surface area (Å²) in [6.07, 6.45) is 1.48. The first-order valence-corrected chi connectivity index (χ1v) is 4.10. The molecular formula is C9H11ClFN. The van der Waals surface area contributed by atoms with E-state index in [1.165, 1.54) is 12.3 Å². The van der Waals surface area contributed by atoms with Gasteiger partial charge in [-0.3, -0.25) is 0 Å². The lowest BCUT2D eigenvalue weighted by Crippen LogP contribution is -2.12. The second-order valence-corrected chi connectivity index (χ2v) is 4.14. The zero-order valence-corrected chi connectivity index (χ0v) is 8.11. The van der Waals surface area contributed by atoms with Crippen molar-refractivity contribution in [1.29, 1.82) is 0 Å². The van der Waals surface area contributed by atoms with Crippen molar-refractivity contribution < 1.29 is 4.39 Å². The molecule has 66 valence electrons. The third kappa shape index (κ3) is 1.95. The minimum Gasteiger partial charge on any atom is -0.228 e. The summed E-state index contributed by atoms with van der Waals surface area (Å²) in [6, 6.07) is 1.24. The molecule has 0 aliphatic carbocycles. The number of rotatable bonds is 0. The topological polar surface area (TPSA) is 12.9 Å². The van der Waals surface area contributed by atoms with Gasteiger partial charge in [0.1, 0.15) is 0 Å². The fraction of sp³-hybridized carbons (Fsp3) is 0.444. The average molecular weight is 188 g/mol. The summed E-state index contributed by atoms with van der Waals surface area (Å²) < 4.78 is 12.5. The van der Waals surface area contributed by atoms with Crippen LogP contribution in [0.25, 0.3) is 0 Å². The number of hydrogen-bond acceptors (Lipinski definition) is 1. The van der Waals surface area contributed by atoms with Gasteiger partial charge in [0, 0.05) is 12.3 Å². The van der Waals surface area contributed by atoms with E-state index in [1.54, 1.807) is 0 Å². The SMILES string of the molecule is CC(C)(C)c1cnc(F)cc1Cl. The molecule has 0 bridgehead atoms. The molecule has 1 aromatic rings. The molecule has 0 aliphatic heterocycles. The molecule has 12 heavy (non-hydrogen) atoms. The summed E-state index contributed by atoms with van der Waals surface area (Å²) in [5.41, 5.74) is 0.781. The van der Waals surface area contributed by atoms with Crippen molar-refractivity contribution in [2.24, 2.45) is 0 Å². The van der Waals surface area contributed by atoms with E-state index in [-0.39, 0.29) is 5.41 Å². The number of aromatic nitrogens is 1. The molecule has 0 N–H and O–H groups in total. The molecule has 1 rings (SSSR count). The van der Waals surface area contributed by atoms with E-state index in [9.17, 15) is 4.39 Å². The van der Waals surface area contributed by atoms with Crippen molar-refractivity contribution in [3.63, 3.8) is 0 Å². The van der Waals surface area contributed by atoms with Crippen LogP contribution in [0.3, 0.4) is 0 Å². The maximum Gasteiger partial charge on any atom is 0.214 e. The summed E-state index contributed by atoms with van der Waals surface area (Å²) in [7, 11) is 0. The summed E-state index contributed by atoms with van der Waals surface area (Å²) >= 11 is 5.83. The van der Waals surface area contributed by atoms with E-state index < -0.39 is 5.95 Å². The van der Waals surface area contributed by atoms with Crippen molar-refractivity contribution in [3.8, 4) is 0 Å². The van der Waals surface area contributed by atoms with Gasteiger partial charge in [0.15, 0.2) is 0 Å². The Labute approximate surface area is 76.6 Å². The molecule has 0 atom stereocenters. The maximum absolute atomic E-state index is 12.5. The number of nitrogens with zero attached hydrogens (tertiary/aromatic N) is 1.